The van der Waals surface area contributed by atoms with Crippen LogP contribution in [0.5, 0.6) is 5.75 Å². The Labute approximate surface area is 84.3 Å². The number of para-hydroxylation sites is 1. The third-order valence-corrected chi connectivity index (χ3v) is 1.88. The first-order valence-electron chi connectivity index (χ1n) is 4.49. The Morgan fingerprint density at radius 3 is 2.50 bits per heavy atom. The second-order valence-electron chi connectivity index (χ2n) is 3.61. The highest BCUT2D eigenvalue weighted by Crippen LogP contribution is 2.28. The number of aliphatic hydroxyl groups is 1. The minimum absolute atomic E-state index is 0.188. The lowest BCUT2D eigenvalue weighted by Crippen LogP contribution is -2.17. The SMILES string of the molecule is COCOc1ccccc1C(C)(C)O. The van der Waals surface area contributed by atoms with Gasteiger partial charge in [0.05, 0.1) is 5.60 Å². The molecular formula is C11H16O3. The smallest absolute Gasteiger partial charge is 0.188 e. The zero-order valence-electron chi connectivity index (χ0n) is 8.78. The monoisotopic (exact) mass is 196 g/mol. The van der Waals surface area contributed by atoms with E-state index in [4.69, 9.17) is 9.47 Å². The molecule has 1 aromatic carbocycles. The first-order valence-corrected chi connectivity index (χ1v) is 4.49. The molecule has 0 bridgehead atoms. The van der Waals surface area contributed by atoms with Crippen LogP contribution in [0.2, 0.25) is 0 Å². The van der Waals surface area contributed by atoms with E-state index in [1.54, 1.807) is 21.0 Å². The van der Waals surface area contributed by atoms with Crippen molar-refractivity contribution in [1.29, 1.82) is 0 Å². The largest absolute Gasteiger partial charge is 0.467 e. The van der Waals surface area contributed by atoms with E-state index in [0.717, 1.165) is 5.56 Å². The molecule has 78 valence electrons. The highest BCUT2D eigenvalue weighted by molar-refractivity contribution is 5.36. The number of ether oxygens (including phenoxy) is 2. The lowest BCUT2D eigenvalue weighted by Gasteiger charge is -2.21. The molecule has 0 fully saturated rings. The summed E-state index contributed by atoms with van der Waals surface area (Å²) in [6.45, 7) is 3.64. The fourth-order valence-corrected chi connectivity index (χ4v) is 1.22. The molecule has 0 saturated heterocycles. The molecule has 0 spiro atoms. The third kappa shape index (κ3) is 2.72. The maximum atomic E-state index is 9.85. The van der Waals surface area contributed by atoms with Gasteiger partial charge < -0.3 is 14.6 Å². The van der Waals surface area contributed by atoms with Crippen LogP contribution >= 0.6 is 0 Å². The molecule has 0 aromatic heterocycles. The van der Waals surface area contributed by atoms with Crippen LogP contribution in [-0.4, -0.2) is 19.0 Å². The topological polar surface area (TPSA) is 38.7 Å². The van der Waals surface area contributed by atoms with Crippen molar-refractivity contribution < 1.29 is 14.6 Å². The number of benzene rings is 1. The first kappa shape index (κ1) is 11.0. The van der Waals surface area contributed by atoms with Gasteiger partial charge in [-0.1, -0.05) is 18.2 Å². The average Bonchev–Trinajstić information content (AvgIpc) is 2.14. The van der Waals surface area contributed by atoms with Crippen molar-refractivity contribution in [3.8, 4) is 5.75 Å². The summed E-state index contributed by atoms with van der Waals surface area (Å²) in [5, 5.41) is 9.85. The molecule has 0 heterocycles. The molecule has 14 heavy (non-hydrogen) atoms. The van der Waals surface area contributed by atoms with Gasteiger partial charge in [-0.05, 0) is 19.9 Å². The van der Waals surface area contributed by atoms with E-state index in [2.05, 4.69) is 0 Å². The number of rotatable bonds is 4. The standard InChI is InChI=1S/C11H16O3/c1-11(2,12)9-6-4-5-7-10(9)14-8-13-3/h4-7,12H,8H2,1-3H3. The fourth-order valence-electron chi connectivity index (χ4n) is 1.22. The van der Waals surface area contributed by atoms with Crippen molar-refractivity contribution in [3.05, 3.63) is 29.8 Å². The summed E-state index contributed by atoms with van der Waals surface area (Å²) in [6.07, 6.45) is 0. The molecule has 0 aliphatic carbocycles. The minimum Gasteiger partial charge on any atom is -0.467 e. The van der Waals surface area contributed by atoms with Gasteiger partial charge in [-0.25, -0.2) is 0 Å². The van der Waals surface area contributed by atoms with Gasteiger partial charge in [-0.2, -0.15) is 0 Å². The van der Waals surface area contributed by atoms with E-state index in [0.29, 0.717) is 5.75 Å². The molecule has 0 saturated carbocycles. The maximum Gasteiger partial charge on any atom is 0.188 e. The molecule has 0 aliphatic heterocycles. The normalized spacial score (nSPS) is 11.4. The highest BCUT2D eigenvalue weighted by atomic mass is 16.7. The van der Waals surface area contributed by atoms with Crippen molar-refractivity contribution >= 4 is 0 Å². The fraction of sp³-hybridized carbons (Fsp3) is 0.455. The first-order chi connectivity index (χ1) is 6.55. The second kappa shape index (κ2) is 4.44. The summed E-state index contributed by atoms with van der Waals surface area (Å²) >= 11 is 0. The van der Waals surface area contributed by atoms with Crippen LogP contribution in [0.1, 0.15) is 19.4 Å². The van der Waals surface area contributed by atoms with Crippen molar-refractivity contribution in [2.24, 2.45) is 0 Å². The zero-order chi connectivity index (χ0) is 10.6. The molecule has 1 N–H and O–H groups in total. The molecule has 0 amide bonds. The van der Waals surface area contributed by atoms with E-state index in [-0.39, 0.29) is 6.79 Å². The minimum atomic E-state index is -0.898. The lowest BCUT2D eigenvalue weighted by atomic mass is 9.97. The quantitative estimate of drug-likeness (QED) is 0.747. The number of hydrogen-bond acceptors (Lipinski definition) is 3. The van der Waals surface area contributed by atoms with Crippen LogP contribution in [0.3, 0.4) is 0 Å². The Morgan fingerprint density at radius 2 is 1.93 bits per heavy atom. The van der Waals surface area contributed by atoms with Gasteiger partial charge in [0.1, 0.15) is 5.75 Å². The van der Waals surface area contributed by atoms with Crippen LogP contribution in [0.25, 0.3) is 0 Å². The van der Waals surface area contributed by atoms with Gasteiger partial charge >= 0.3 is 0 Å². The summed E-state index contributed by atoms with van der Waals surface area (Å²) < 4.78 is 10.1. The summed E-state index contributed by atoms with van der Waals surface area (Å²) in [7, 11) is 1.56. The molecule has 3 nitrogen and oxygen atoms in total. The van der Waals surface area contributed by atoms with Crippen molar-refractivity contribution in [2.45, 2.75) is 19.4 Å². The summed E-state index contributed by atoms with van der Waals surface area (Å²) in [5.41, 5.74) is -0.137. The zero-order valence-corrected chi connectivity index (χ0v) is 8.78. The third-order valence-electron chi connectivity index (χ3n) is 1.88. The van der Waals surface area contributed by atoms with E-state index in [9.17, 15) is 5.11 Å². The van der Waals surface area contributed by atoms with E-state index in [1.165, 1.54) is 0 Å². The molecule has 1 aromatic rings. The molecule has 1 rings (SSSR count). The molecule has 0 radical (unpaired) electrons. The Morgan fingerprint density at radius 1 is 1.29 bits per heavy atom. The van der Waals surface area contributed by atoms with E-state index >= 15 is 0 Å². The molecule has 0 atom stereocenters. The van der Waals surface area contributed by atoms with Crippen molar-refractivity contribution in [3.63, 3.8) is 0 Å². The van der Waals surface area contributed by atoms with Gasteiger partial charge in [0.2, 0.25) is 0 Å². The Balaban J connectivity index is 2.92. The van der Waals surface area contributed by atoms with Crippen LogP contribution in [0, 0.1) is 0 Å². The molecule has 0 aliphatic rings. The van der Waals surface area contributed by atoms with Gasteiger partial charge in [0.25, 0.3) is 0 Å². The molecule has 0 unspecified atom stereocenters. The molecule has 3 heteroatoms. The van der Waals surface area contributed by atoms with E-state index < -0.39 is 5.60 Å². The summed E-state index contributed by atoms with van der Waals surface area (Å²) in [5.74, 6) is 0.654. The lowest BCUT2D eigenvalue weighted by molar-refractivity contribution is 0.0393. The van der Waals surface area contributed by atoms with Crippen molar-refractivity contribution in [1.82, 2.24) is 0 Å². The van der Waals surface area contributed by atoms with E-state index in [1.807, 2.05) is 24.3 Å². The highest BCUT2D eigenvalue weighted by Gasteiger charge is 2.20. The second-order valence-corrected chi connectivity index (χ2v) is 3.61. The Hall–Kier alpha value is -1.06. The van der Waals surface area contributed by atoms with Crippen LogP contribution < -0.4 is 4.74 Å². The van der Waals surface area contributed by atoms with Crippen LogP contribution in [-0.2, 0) is 10.3 Å². The van der Waals surface area contributed by atoms with Gasteiger partial charge in [0.15, 0.2) is 6.79 Å². The predicted octanol–water partition coefficient (Wildman–Crippen LogP) is 1.90. The Kier molecular flexibility index (Phi) is 3.49. The van der Waals surface area contributed by atoms with Gasteiger partial charge in [-0.3, -0.25) is 0 Å². The summed E-state index contributed by atoms with van der Waals surface area (Å²) in [4.78, 5) is 0. The summed E-state index contributed by atoms with van der Waals surface area (Å²) in [6, 6.07) is 7.38. The van der Waals surface area contributed by atoms with Gasteiger partial charge in [-0.15, -0.1) is 0 Å². The average molecular weight is 196 g/mol. The number of hydrogen-bond donors (Lipinski definition) is 1. The van der Waals surface area contributed by atoms with Crippen LogP contribution in [0.4, 0.5) is 0 Å². The predicted molar refractivity (Wildman–Crippen MR) is 54.2 cm³/mol. The van der Waals surface area contributed by atoms with Gasteiger partial charge in [0, 0.05) is 12.7 Å². The molecular weight excluding hydrogens is 180 g/mol. The maximum absolute atomic E-state index is 9.85. The number of methoxy groups -OCH3 is 1. The van der Waals surface area contributed by atoms with Crippen LogP contribution in [0.15, 0.2) is 24.3 Å². The van der Waals surface area contributed by atoms with Crippen molar-refractivity contribution in [2.75, 3.05) is 13.9 Å². The Bertz CT molecular complexity index is 289.